The second-order valence-corrected chi connectivity index (χ2v) is 7.67. The third kappa shape index (κ3) is 12.8. The highest BCUT2D eigenvalue weighted by Gasteiger charge is 2.28. The van der Waals surface area contributed by atoms with Crippen LogP contribution in [-0.4, -0.2) is 35.8 Å². The summed E-state index contributed by atoms with van der Waals surface area (Å²) in [7, 11) is 1.83. The zero-order valence-corrected chi connectivity index (χ0v) is 16.8. The number of unbranched alkanes of at least 4 members (excludes halogenated alkanes) is 14. The van der Waals surface area contributed by atoms with E-state index in [-0.39, 0.29) is 4.48 Å². The molecule has 1 amide bonds. The Labute approximate surface area is 151 Å². The average Bonchev–Trinajstić information content (AvgIpc) is 2.57. The van der Waals surface area contributed by atoms with Crippen LogP contribution in [0.3, 0.4) is 0 Å². The van der Waals surface area contributed by atoms with E-state index < -0.39 is 6.09 Å². The maximum atomic E-state index is 11.2. The summed E-state index contributed by atoms with van der Waals surface area (Å²) in [6.45, 7) is 5.68. The van der Waals surface area contributed by atoms with Crippen LogP contribution in [0.1, 0.15) is 110 Å². The summed E-state index contributed by atoms with van der Waals surface area (Å²) in [4.78, 5) is 11.2. The van der Waals surface area contributed by atoms with Crippen LogP contribution in [0.15, 0.2) is 0 Å². The Morgan fingerprint density at radius 3 is 1.29 bits per heavy atom. The molecule has 0 aliphatic rings. The van der Waals surface area contributed by atoms with E-state index in [0.29, 0.717) is 6.54 Å². The highest BCUT2D eigenvalue weighted by molar-refractivity contribution is 5.56. The van der Waals surface area contributed by atoms with Crippen LogP contribution in [0, 0.1) is 0 Å². The molecule has 24 heavy (non-hydrogen) atoms. The summed E-state index contributed by atoms with van der Waals surface area (Å²) < 4.78 is 0.165. The molecule has 0 aromatic carbocycles. The van der Waals surface area contributed by atoms with Gasteiger partial charge >= 0.3 is 6.09 Å². The number of amides is 1. The first-order chi connectivity index (χ1) is 11.6. The zero-order valence-electron chi connectivity index (χ0n) is 16.8. The first kappa shape index (κ1) is 23.4. The Hall–Kier alpha value is -0.570. The molecule has 3 heteroatoms. The lowest BCUT2D eigenvalue weighted by molar-refractivity contribution is -0.835. The molecule has 0 heterocycles. The molecular formula is C21H44NO2+. The molecule has 144 valence electrons. The molecule has 0 aromatic heterocycles. The van der Waals surface area contributed by atoms with Crippen molar-refractivity contribution in [3.8, 4) is 0 Å². The highest BCUT2D eigenvalue weighted by atomic mass is 16.4. The Morgan fingerprint density at radius 2 is 1.00 bits per heavy atom. The molecule has 0 bridgehead atoms. The van der Waals surface area contributed by atoms with Crippen molar-refractivity contribution in [3.05, 3.63) is 0 Å². The van der Waals surface area contributed by atoms with Gasteiger partial charge in [-0.25, -0.2) is 4.48 Å². The summed E-state index contributed by atoms with van der Waals surface area (Å²) in [6, 6.07) is 0. The lowest BCUT2D eigenvalue weighted by Gasteiger charge is -2.26. The summed E-state index contributed by atoms with van der Waals surface area (Å²) in [5, 5.41) is 9.22. The summed E-state index contributed by atoms with van der Waals surface area (Å²) in [5.41, 5.74) is 0. The molecule has 1 N–H and O–H groups in total. The Morgan fingerprint density at radius 1 is 0.667 bits per heavy atom. The molecule has 0 aliphatic heterocycles. The lowest BCUT2D eigenvalue weighted by Crippen LogP contribution is -2.48. The number of hydrogen-bond acceptors (Lipinski definition) is 1. The lowest BCUT2D eigenvalue weighted by atomic mass is 10.0. The van der Waals surface area contributed by atoms with Crippen LogP contribution < -0.4 is 0 Å². The first-order valence-electron chi connectivity index (χ1n) is 10.6. The number of carbonyl (C=O) groups is 1. The van der Waals surface area contributed by atoms with Crippen LogP contribution in [0.4, 0.5) is 4.79 Å². The van der Waals surface area contributed by atoms with Gasteiger partial charge in [-0.1, -0.05) is 90.4 Å². The predicted molar refractivity (Wildman–Crippen MR) is 105 cm³/mol. The minimum absolute atomic E-state index is 0.165. The molecule has 1 unspecified atom stereocenters. The Balaban J connectivity index is 3.24. The summed E-state index contributed by atoms with van der Waals surface area (Å²) in [6.07, 6.45) is 19.6. The summed E-state index contributed by atoms with van der Waals surface area (Å²) >= 11 is 0. The summed E-state index contributed by atoms with van der Waals surface area (Å²) in [5.74, 6) is 0. The van der Waals surface area contributed by atoms with Gasteiger partial charge in [0.25, 0.3) is 0 Å². The molecule has 0 spiro atoms. The zero-order chi connectivity index (χ0) is 18.1. The molecule has 0 fully saturated rings. The molecule has 0 rings (SSSR count). The second kappa shape index (κ2) is 15.9. The van der Waals surface area contributed by atoms with E-state index in [1.54, 1.807) is 0 Å². The molecule has 0 saturated carbocycles. The monoisotopic (exact) mass is 342 g/mol. The second-order valence-electron chi connectivity index (χ2n) is 7.67. The van der Waals surface area contributed by atoms with Gasteiger partial charge in [-0.05, 0) is 19.8 Å². The first-order valence-corrected chi connectivity index (χ1v) is 10.6. The van der Waals surface area contributed by atoms with E-state index in [2.05, 4.69) is 6.92 Å². The van der Waals surface area contributed by atoms with Gasteiger partial charge in [-0.2, -0.15) is 4.79 Å². The van der Waals surface area contributed by atoms with Crippen molar-refractivity contribution >= 4 is 6.09 Å². The Bertz CT molecular complexity index is 294. The van der Waals surface area contributed by atoms with Crippen molar-refractivity contribution in [2.75, 3.05) is 20.1 Å². The maximum Gasteiger partial charge on any atom is 0.513 e. The quantitative estimate of drug-likeness (QED) is 0.228. The molecular weight excluding hydrogens is 298 g/mol. The van der Waals surface area contributed by atoms with E-state index >= 15 is 0 Å². The van der Waals surface area contributed by atoms with Crippen LogP contribution >= 0.6 is 0 Å². The highest BCUT2D eigenvalue weighted by Crippen LogP contribution is 2.14. The number of carboxylic acid groups (broad SMARTS) is 1. The molecule has 0 radical (unpaired) electrons. The van der Waals surface area contributed by atoms with Crippen LogP contribution in [-0.2, 0) is 0 Å². The average molecular weight is 343 g/mol. The molecule has 0 aliphatic carbocycles. The predicted octanol–water partition coefficient (Wildman–Crippen LogP) is 7.00. The van der Waals surface area contributed by atoms with E-state index in [0.717, 1.165) is 13.0 Å². The van der Waals surface area contributed by atoms with Crippen molar-refractivity contribution in [2.24, 2.45) is 0 Å². The van der Waals surface area contributed by atoms with Gasteiger partial charge in [0.2, 0.25) is 0 Å². The van der Waals surface area contributed by atoms with Crippen LogP contribution in [0.2, 0.25) is 0 Å². The molecule has 0 aromatic rings. The topological polar surface area (TPSA) is 37.3 Å². The van der Waals surface area contributed by atoms with E-state index in [1.165, 1.54) is 89.9 Å². The minimum atomic E-state index is -0.692. The van der Waals surface area contributed by atoms with Gasteiger partial charge in [0, 0.05) is 0 Å². The largest absolute Gasteiger partial charge is 0.513 e. The number of quaternary nitrogens is 1. The van der Waals surface area contributed by atoms with E-state index in [1.807, 2.05) is 14.0 Å². The normalized spacial score (nSPS) is 13.8. The Kier molecular flexibility index (Phi) is 15.6. The fourth-order valence-electron chi connectivity index (χ4n) is 3.22. The SMILES string of the molecule is CCCCCCCCCCCCCCCCC[N+](C)(CC)C(=O)O. The fraction of sp³-hybridized carbons (Fsp3) is 0.952. The number of nitrogens with zero attached hydrogens (tertiary/aromatic N) is 1. The van der Waals surface area contributed by atoms with Gasteiger partial charge in [0.15, 0.2) is 0 Å². The van der Waals surface area contributed by atoms with Gasteiger partial charge in [0.1, 0.15) is 0 Å². The minimum Gasteiger partial charge on any atom is -0.435 e. The number of rotatable bonds is 17. The third-order valence-electron chi connectivity index (χ3n) is 5.41. The third-order valence-corrected chi connectivity index (χ3v) is 5.41. The number of hydrogen-bond donors (Lipinski definition) is 1. The van der Waals surface area contributed by atoms with Gasteiger partial charge in [-0.15, -0.1) is 0 Å². The van der Waals surface area contributed by atoms with Crippen molar-refractivity contribution in [1.29, 1.82) is 0 Å². The smallest absolute Gasteiger partial charge is 0.435 e. The molecule has 3 nitrogen and oxygen atoms in total. The maximum absolute atomic E-state index is 11.2. The standard InChI is InChI=1S/C21H43NO2/c1-4-6-7-8-9-10-11-12-13-14-15-16-17-18-19-20-22(3,5-2)21(23)24/h4-20H2,1-3H3/p+1. The van der Waals surface area contributed by atoms with Gasteiger partial charge in [-0.3, -0.25) is 0 Å². The van der Waals surface area contributed by atoms with E-state index in [9.17, 15) is 9.90 Å². The van der Waals surface area contributed by atoms with Crippen molar-refractivity contribution in [2.45, 2.75) is 110 Å². The van der Waals surface area contributed by atoms with Crippen molar-refractivity contribution < 1.29 is 14.4 Å². The fourth-order valence-corrected chi connectivity index (χ4v) is 3.22. The molecule has 0 saturated heterocycles. The van der Waals surface area contributed by atoms with Crippen molar-refractivity contribution in [3.63, 3.8) is 0 Å². The van der Waals surface area contributed by atoms with Gasteiger partial charge < -0.3 is 5.11 Å². The van der Waals surface area contributed by atoms with Crippen LogP contribution in [0.5, 0.6) is 0 Å². The van der Waals surface area contributed by atoms with E-state index in [4.69, 9.17) is 0 Å². The van der Waals surface area contributed by atoms with Crippen molar-refractivity contribution in [1.82, 2.24) is 0 Å². The van der Waals surface area contributed by atoms with Gasteiger partial charge in [0.05, 0.1) is 20.1 Å². The molecule has 1 atom stereocenters. The van der Waals surface area contributed by atoms with Crippen LogP contribution in [0.25, 0.3) is 0 Å².